The van der Waals surface area contributed by atoms with Crippen LogP contribution in [0.25, 0.3) is 0 Å². The Labute approximate surface area is 144 Å². The summed E-state index contributed by atoms with van der Waals surface area (Å²) in [6.45, 7) is 6.03. The Kier molecular flexibility index (Phi) is 3.86. The molecule has 1 unspecified atom stereocenters. The van der Waals surface area contributed by atoms with E-state index in [1.807, 2.05) is 18.5 Å². The molecule has 2 atom stereocenters. The highest BCUT2D eigenvalue weighted by molar-refractivity contribution is 7.15. The van der Waals surface area contributed by atoms with E-state index in [-0.39, 0.29) is 11.5 Å². The zero-order valence-corrected chi connectivity index (χ0v) is 14.6. The first-order valence-electron chi connectivity index (χ1n) is 8.10. The normalized spacial score (nSPS) is 26.0. The van der Waals surface area contributed by atoms with Gasteiger partial charge < -0.3 is 10.1 Å². The van der Waals surface area contributed by atoms with Crippen LogP contribution in [0.3, 0.4) is 0 Å². The highest BCUT2D eigenvalue weighted by atomic mass is 32.1. The molecule has 2 aromatic rings. The van der Waals surface area contributed by atoms with Crippen molar-refractivity contribution in [2.24, 2.45) is 0 Å². The predicted octanol–water partition coefficient (Wildman–Crippen LogP) is 2.52. The minimum atomic E-state index is -0.277. The second kappa shape index (κ2) is 5.91. The highest BCUT2D eigenvalue weighted by Crippen LogP contribution is 2.45. The maximum Gasteiger partial charge on any atom is 0.223 e. The van der Waals surface area contributed by atoms with E-state index in [0.717, 1.165) is 30.1 Å². The number of nitrogens with zero attached hydrogens (tertiary/aromatic N) is 3. The number of carbonyl (C=O) groups is 1. The molecular weight excluding hydrogens is 324 g/mol. The number of nitrogens with one attached hydrogen (secondary N) is 1. The third-order valence-electron chi connectivity index (χ3n) is 4.73. The monoisotopic (exact) mass is 344 g/mol. The van der Waals surface area contributed by atoms with Gasteiger partial charge >= 0.3 is 0 Å². The van der Waals surface area contributed by atoms with Crippen LogP contribution < -0.4 is 5.32 Å². The highest BCUT2D eigenvalue weighted by Gasteiger charge is 2.49. The lowest BCUT2D eigenvalue weighted by Crippen LogP contribution is -2.31. The van der Waals surface area contributed by atoms with Gasteiger partial charge in [0.15, 0.2) is 5.13 Å². The molecule has 4 heterocycles. The summed E-state index contributed by atoms with van der Waals surface area (Å²) in [6, 6.07) is 4.48. The molecule has 2 aliphatic rings. The van der Waals surface area contributed by atoms with Gasteiger partial charge in [0.1, 0.15) is 5.60 Å². The molecule has 0 aromatic carbocycles. The average molecular weight is 344 g/mol. The van der Waals surface area contributed by atoms with Gasteiger partial charge in [0.2, 0.25) is 5.91 Å². The molecule has 4 rings (SSSR count). The van der Waals surface area contributed by atoms with E-state index in [1.54, 1.807) is 0 Å². The molecule has 1 amide bonds. The molecule has 7 heteroatoms. The summed E-state index contributed by atoms with van der Waals surface area (Å²) in [5.41, 5.74) is 2.03. The fraction of sp³-hybridized carbons (Fsp3) is 0.471. The molecule has 0 radical (unpaired) electrons. The van der Waals surface area contributed by atoms with Crippen molar-refractivity contribution in [3.05, 3.63) is 40.7 Å². The third kappa shape index (κ3) is 2.72. The second-order valence-corrected chi connectivity index (χ2v) is 7.68. The number of carbonyl (C=O) groups excluding carboxylic acids is 1. The Morgan fingerprint density at radius 1 is 1.54 bits per heavy atom. The lowest BCUT2D eigenvalue weighted by atomic mass is 9.95. The molecule has 1 spiro atoms. The number of anilines is 1. The van der Waals surface area contributed by atoms with Gasteiger partial charge in [-0.15, -0.1) is 11.3 Å². The van der Waals surface area contributed by atoms with Crippen molar-refractivity contribution < 1.29 is 9.53 Å². The number of pyridine rings is 1. The van der Waals surface area contributed by atoms with E-state index in [1.165, 1.54) is 23.8 Å². The summed E-state index contributed by atoms with van der Waals surface area (Å²) in [4.78, 5) is 23.5. The van der Waals surface area contributed by atoms with Crippen molar-refractivity contribution in [2.75, 3.05) is 11.9 Å². The first-order valence-corrected chi connectivity index (χ1v) is 8.92. The molecule has 1 fully saturated rings. The van der Waals surface area contributed by atoms with Crippen LogP contribution in [0.2, 0.25) is 0 Å². The lowest BCUT2D eigenvalue weighted by molar-refractivity contribution is -0.114. The number of rotatable bonds is 3. The fourth-order valence-electron chi connectivity index (χ4n) is 3.68. The van der Waals surface area contributed by atoms with Crippen molar-refractivity contribution in [3.8, 4) is 0 Å². The van der Waals surface area contributed by atoms with Gasteiger partial charge in [-0.25, -0.2) is 4.98 Å². The molecule has 1 saturated heterocycles. The van der Waals surface area contributed by atoms with Crippen LogP contribution in [0.15, 0.2) is 24.5 Å². The summed E-state index contributed by atoms with van der Waals surface area (Å²) >= 11 is 1.53. The van der Waals surface area contributed by atoms with Crippen molar-refractivity contribution in [2.45, 2.75) is 45.1 Å². The lowest BCUT2D eigenvalue weighted by Gasteiger charge is -2.23. The fourth-order valence-corrected chi connectivity index (χ4v) is 4.57. The number of aromatic nitrogens is 2. The van der Waals surface area contributed by atoms with Crippen molar-refractivity contribution in [3.63, 3.8) is 0 Å². The number of likely N-dealkylation sites (tertiary alicyclic amines) is 1. The van der Waals surface area contributed by atoms with Crippen LogP contribution in [0.1, 0.15) is 36.4 Å². The maximum atomic E-state index is 11.1. The van der Waals surface area contributed by atoms with E-state index >= 15 is 0 Å². The third-order valence-corrected chi connectivity index (χ3v) is 5.63. The number of hydrogen-bond acceptors (Lipinski definition) is 6. The Morgan fingerprint density at radius 2 is 2.42 bits per heavy atom. The Morgan fingerprint density at radius 3 is 3.25 bits per heavy atom. The summed E-state index contributed by atoms with van der Waals surface area (Å²) in [6.07, 6.45) is 4.65. The molecule has 0 saturated carbocycles. The standard InChI is InChI=1S/C17H20N4O2S/c1-11-6-17(15-13(9-23-17)4-3-5-18-15)10-21(11)8-14-7-19-16(24-14)20-12(2)22/h3-5,7,11H,6,8-10H2,1-2H3,(H,19,20,22)/t11-,17?/m0/s1. The number of ether oxygens (including phenoxy) is 1. The quantitative estimate of drug-likeness (QED) is 0.927. The SMILES string of the molecule is CC(=O)Nc1ncc(CN2CC3(C[C@@H]2C)OCc2cccnc23)s1. The van der Waals surface area contributed by atoms with Crippen LogP contribution in [0.4, 0.5) is 5.13 Å². The predicted molar refractivity (Wildman–Crippen MR) is 91.6 cm³/mol. The zero-order chi connectivity index (χ0) is 16.7. The summed E-state index contributed by atoms with van der Waals surface area (Å²) in [7, 11) is 0. The maximum absolute atomic E-state index is 11.1. The molecule has 126 valence electrons. The van der Waals surface area contributed by atoms with E-state index in [0.29, 0.717) is 17.8 Å². The smallest absolute Gasteiger partial charge is 0.223 e. The van der Waals surface area contributed by atoms with E-state index < -0.39 is 0 Å². The van der Waals surface area contributed by atoms with Crippen LogP contribution >= 0.6 is 11.3 Å². The first-order chi connectivity index (χ1) is 11.6. The minimum Gasteiger partial charge on any atom is -0.363 e. The molecule has 24 heavy (non-hydrogen) atoms. The first kappa shape index (κ1) is 15.7. The van der Waals surface area contributed by atoms with Crippen molar-refractivity contribution in [1.29, 1.82) is 0 Å². The molecule has 2 aliphatic heterocycles. The van der Waals surface area contributed by atoms with E-state index in [4.69, 9.17) is 4.74 Å². The van der Waals surface area contributed by atoms with Gasteiger partial charge in [0.25, 0.3) is 0 Å². The molecule has 0 aliphatic carbocycles. The van der Waals surface area contributed by atoms with Gasteiger partial charge in [-0.3, -0.25) is 14.7 Å². The van der Waals surface area contributed by atoms with Crippen LogP contribution in [-0.4, -0.2) is 33.4 Å². The van der Waals surface area contributed by atoms with Gasteiger partial charge in [-0.05, 0) is 19.4 Å². The van der Waals surface area contributed by atoms with Crippen LogP contribution in [0, 0.1) is 0 Å². The molecule has 6 nitrogen and oxygen atoms in total. The summed E-state index contributed by atoms with van der Waals surface area (Å²) in [5.74, 6) is -0.0913. The van der Waals surface area contributed by atoms with E-state index in [2.05, 4.69) is 33.2 Å². The van der Waals surface area contributed by atoms with Crippen LogP contribution in [0.5, 0.6) is 0 Å². The average Bonchev–Trinajstić information content (AvgIpc) is 3.21. The number of amides is 1. The number of hydrogen-bond donors (Lipinski definition) is 1. The van der Waals surface area contributed by atoms with Gasteiger partial charge in [-0.2, -0.15) is 0 Å². The second-order valence-electron chi connectivity index (χ2n) is 6.57. The topological polar surface area (TPSA) is 67.4 Å². The van der Waals surface area contributed by atoms with Crippen molar-refractivity contribution in [1.82, 2.24) is 14.9 Å². The summed E-state index contributed by atoms with van der Waals surface area (Å²) < 4.78 is 6.19. The van der Waals surface area contributed by atoms with E-state index in [9.17, 15) is 4.79 Å². The molecule has 1 N–H and O–H groups in total. The molecular formula is C17H20N4O2S. The largest absolute Gasteiger partial charge is 0.363 e. The zero-order valence-electron chi connectivity index (χ0n) is 13.8. The molecule has 2 aromatic heterocycles. The number of fused-ring (bicyclic) bond motifs is 2. The summed E-state index contributed by atoms with van der Waals surface area (Å²) in [5, 5.41) is 3.39. The Bertz CT molecular complexity index is 777. The van der Waals surface area contributed by atoms with Gasteiger partial charge in [0.05, 0.1) is 12.3 Å². The van der Waals surface area contributed by atoms with Gasteiger partial charge in [0, 0.05) is 48.9 Å². The Balaban J connectivity index is 1.50. The van der Waals surface area contributed by atoms with Gasteiger partial charge in [-0.1, -0.05) is 6.07 Å². The Hall–Kier alpha value is -1.83. The minimum absolute atomic E-state index is 0.0913. The van der Waals surface area contributed by atoms with Crippen molar-refractivity contribution >= 4 is 22.4 Å². The van der Waals surface area contributed by atoms with Crippen LogP contribution in [-0.2, 0) is 28.3 Å². The number of thiazole rings is 1. The molecule has 0 bridgehead atoms.